The Morgan fingerprint density at radius 3 is 2.14 bits per heavy atom. The zero-order valence-electron chi connectivity index (χ0n) is 10.8. The summed E-state index contributed by atoms with van der Waals surface area (Å²) in [6, 6.07) is 0. The van der Waals surface area contributed by atoms with E-state index in [9.17, 15) is 0 Å². The van der Waals surface area contributed by atoms with Crippen LogP contribution in [0.25, 0.3) is 0 Å². The normalized spacial score (nSPS) is 47.6. The monoisotopic (exact) mass is 194 g/mol. The first-order chi connectivity index (χ1) is 6.32. The number of hydrogen-bond acceptors (Lipinski definition) is 0. The Kier molecular flexibility index (Phi) is 1.93. The lowest BCUT2D eigenvalue weighted by molar-refractivity contribution is -0.188. The van der Waals surface area contributed by atoms with Crippen molar-refractivity contribution in [1.29, 1.82) is 0 Å². The molecule has 0 bridgehead atoms. The summed E-state index contributed by atoms with van der Waals surface area (Å²) in [4.78, 5) is 0. The minimum Gasteiger partial charge on any atom is -0.0654 e. The van der Waals surface area contributed by atoms with Gasteiger partial charge in [0.25, 0.3) is 0 Å². The van der Waals surface area contributed by atoms with Gasteiger partial charge in [-0.15, -0.1) is 0 Å². The van der Waals surface area contributed by atoms with Gasteiger partial charge in [0.05, 0.1) is 0 Å². The molecule has 0 heteroatoms. The summed E-state index contributed by atoms with van der Waals surface area (Å²) in [6.45, 7) is 14.7. The van der Waals surface area contributed by atoms with Crippen LogP contribution >= 0.6 is 0 Å². The van der Waals surface area contributed by atoms with Gasteiger partial charge in [-0.1, -0.05) is 54.4 Å². The van der Waals surface area contributed by atoms with Crippen LogP contribution in [0.3, 0.4) is 0 Å². The molecule has 14 heavy (non-hydrogen) atoms. The van der Waals surface area contributed by atoms with Crippen LogP contribution in [0.1, 0.15) is 60.8 Å². The first-order valence-electron chi connectivity index (χ1n) is 6.32. The van der Waals surface area contributed by atoms with Crippen LogP contribution in [-0.2, 0) is 0 Å². The third-order valence-electron chi connectivity index (χ3n) is 6.42. The second-order valence-electron chi connectivity index (χ2n) is 6.80. The zero-order valence-corrected chi connectivity index (χ0v) is 10.8. The SMILES string of the molecule is CCCC1CC12C(C)C(C)(C)C2(C)C. The van der Waals surface area contributed by atoms with E-state index in [1.54, 1.807) is 0 Å². The summed E-state index contributed by atoms with van der Waals surface area (Å²) in [5.74, 6) is 1.98. The summed E-state index contributed by atoms with van der Waals surface area (Å²) in [7, 11) is 0. The van der Waals surface area contributed by atoms with Crippen molar-refractivity contribution in [3.63, 3.8) is 0 Å². The molecule has 2 fully saturated rings. The van der Waals surface area contributed by atoms with Crippen molar-refractivity contribution in [3.8, 4) is 0 Å². The van der Waals surface area contributed by atoms with Crippen molar-refractivity contribution in [2.45, 2.75) is 60.8 Å². The van der Waals surface area contributed by atoms with E-state index in [1.165, 1.54) is 19.3 Å². The minimum absolute atomic E-state index is 0.551. The molecular formula is C14H26. The van der Waals surface area contributed by atoms with Gasteiger partial charge >= 0.3 is 0 Å². The molecule has 82 valence electrons. The smallest absolute Gasteiger partial charge is 0.0179 e. The minimum atomic E-state index is 0.551. The van der Waals surface area contributed by atoms with E-state index in [4.69, 9.17) is 0 Å². The predicted octanol–water partition coefficient (Wildman–Crippen LogP) is 4.49. The quantitative estimate of drug-likeness (QED) is 0.607. The average Bonchev–Trinajstić information content (AvgIpc) is 2.80. The van der Waals surface area contributed by atoms with Crippen LogP contribution in [0.4, 0.5) is 0 Å². The lowest BCUT2D eigenvalue weighted by Crippen LogP contribution is -2.61. The Morgan fingerprint density at radius 1 is 1.14 bits per heavy atom. The topological polar surface area (TPSA) is 0 Å². The van der Waals surface area contributed by atoms with Gasteiger partial charge in [0.15, 0.2) is 0 Å². The first kappa shape index (κ1) is 10.5. The molecule has 0 aromatic carbocycles. The predicted molar refractivity (Wildman–Crippen MR) is 62.2 cm³/mol. The van der Waals surface area contributed by atoms with Gasteiger partial charge in [-0.05, 0) is 34.5 Å². The molecule has 2 aliphatic rings. The van der Waals surface area contributed by atoms with Crippen LogP contribution in [0.15, 0.2) is 0 Å². The molecule has 2 aliphatic carbocycles. The van der Waals surface area contributed by atoms with Crippen molar-refractivity contribution in [2.24, 2.45) is 28.1 Å². The Labute approximate surface area is 89.5 Å². The molecule has 3 atom stereocenters. The average molecular weight is 194 g/mol. The maximum atomic E-state index is 2.50. The fraction of sp³-hybridized carbons (Fsp3) is 1.00. The third kappa shape index (κ3) is 0.823. The van der Waals surface area contributed by atoms with E-state index < -0.39 is 0 Å². The van der Waals surface area contributed by atoms with Gasteiger partial charge in [0.1, 0.15) is 0 Å². The molecule has 2 saturated carbocycles. The van der Waals surface area contributed by atoms with E-state index in [1.807, 2.05) is 0 Å². The van der Waals surface area contributed by atoms with Crippen LogP contribution in [0.2, 0.25) is 0 Å². The molecule has 3 unspecified atom stereocenters. The molecule has 2 rings (SSSR count). The van der Waals surface area contributed by atoms with Gasteiger partial charge in [-0.25, -0.2) is 0 Å². The van der Waals surface area contributed by atoms with Crippen molar-refractivity contribution >= 4 is 0 Å². The van der Waals surface area contributed by atoms with Crippen molar-refractivity contribution in [1.82, 2.24) is 0 Å². The summed E-state index contributed by atoms with van der Waals surface area (Å²) in [5.41, 5.74) is 1.85. The molecule has 0 amide bonds. The Bertz CT molecular complexity index is 249. The molecule has 0 nitrogen and oxygen atoms in total. The third-order valence-corrected chi connectivity index (χ3v) is 6.42. The second-order valence-corrected chi connectivity index (χ2v) is 6.80. The van der Waals surface area contributed by atoms with Gasteiger partial charge in [-0.3, -0.25) is 0 Å². The standard InChI is InChI=1S/C14H26/c1-7-8-11-9-14(11)10(2)12(3,4)13(14,5)6/h10-11H,7-9H2,1-6H3. The number of hydrogen-bond donors (Lipinski definition) is 0. The van der Waals surface area contributed by atoms with Gasteiger partial charge in [0.2, 0.25) is 0 Å². The largest absolute Gasteiger partial charge is 0.0654 e. The highest BCUT2D eigenvalue weighted by Gasteiger charge is 2.78. The lowest BCUT2D eigenvalue weighted by Gasteiger charge is -2.66. The first-order valence-corrected chi connectivity index (χ1v) is 6.32. The second kappa shape index (κ2) is 2.57. The fourth-order valence-electron chi connectivity index (χ4n) is 4.60. The van der Waals surface area contributed by atoms with Crippen LogP contribution in [-0.4, -0.2) is 0 Å². The Hall–Kier alpha value is 0. The van der Waals surface area contributed by atoms with Crippen molar-refractivity contribution in [2.75, 3.05) is 0 Å². The van der Waals surface area contributed by atoms with Crippen LogP contribution < -0.4 is 0 Å². The molecule has 1 spiro atoms. The number of rotatable bonds is 2. The van der Waals surface area contributed by atoms with Crippen molar-refractivity contribution in [3.05, 3.63) is 0 Å². The van der Waals surface area contributed by atoms with Gasteiger partial charge in [-0.2, -0.15) is 0 Å². The fourth-order valence-corrected chi connectivity index (χ4v) is 4.60. The zero-order chi connectivity index (χ0) is 10.8. The molecule has 0 N–H and O–H groups in total. The molecule has 0 heterocycles. The summed E-state index contributed by atoms with van der Waals surface area (Å²) >= 11 is 0. The molecule has 0 aliphatic heterocycles. The Balaban J connectivity index is 2.18. The highest BCUT2D eigenvalue weighted by molar-refractivity contribution is 5.26. The van der Waals surface area contributed by atoms with Gasteiger partial charge < -0.3 is 0 Å². The molecule has 0 aromatic rings. The maximum Gasteiger partial charge on any atom is -0.0179 e. The molecule has 0 radical (unpaired) electrons. The van der Waals surface area contributed by atoms with Crippen LogP contribution in [0, 0.1) is 28.1 Å². The Morgan fingerprint density at radius 2 is 1.71 bits per heavy atom. The van der Waals surface area contributed by atoms with E-state index in [-0.39, 0.29) is 0 Å². The van der Waals surface area contributed by atoms with E-state index in [2.05, 4.69) is 41.5 Å². The highest BCUT2D eigenvalue weighted by atomic mass is 14.8. The van der Waals surface area contributed by atoms with E-state index in [0.717, 1.165) is 17.3 Å². The lowest BCUT2D eigenvalue weighted by atomic mass is 9.38. The molecule has 0 saturated heterocycles. The maximum absolute atomic E-state index is 2.50. The summed E-state index contributed by atoms with van der Waals surface area (Å²) in [6.07, 6.45) is 4.35. The summed E-state index contributed by atoms with van der Waals surface area (Å²) < 4.78 is 0. The molecule has 0 aromatic heterocycles. The van der Waals surface area contributed by atoms with Crippen LogP contribution in [0.5, 0.6) is 0 Å². The van der Waals surface area contributed by atoms with E-state index in [0.29, 0.717) is 10.8 Å². The van der Waals surface area contributed by atoms with Gasteiger partial charge in [0, 0.05) is 0 Å². The van der Waals surface area contributed by atoms with Crippen molar-refractivity contribution < 1.29 is 0 Å². The highest BCUT2D eigenvalue weighted by Crippen LogP contribution is 2.84. The van der Waals surface area contributed by atoms with E-state index >= 15 is 0 Å². The molecular weight excluding hydrogens is 168 g/mol. The summed E-state index contributed by atoms with van der Waals surface area (Å²) in [5, 5.41) is 0.